The molecule has 0 aromatic rings. The molecule has 1 fully saturated rings. The van der Waals surface area contributed by atoms with Crippen LogP contribution in [0.5, 0.6) is 0 Å². The van der Waals surface area contributed by atoms with Crippen LogP contribution in [-0.4, -0.2) is 11.6 Å². The van der Waals surface area contributed by atoms with Crippen LogP contribution in [0.15, 0.2) is 0 Å². The summed E-state index contributed by atoms with van der Waals surface area (Å²) in [5, 5.41) is 0. The van der Waals surface area contributed by atoms with Gasteiger partial charge < -0.3 is 0 Å². The van der Waals surface area contributed by atoms with E-state index in [4.69, 9.17) is 0 Å². The van der Waals surface area contributed by atoms with Crippen molar-refractivity contribution in [3.05, 3.63) is 0 Å². The van der Waals surface area contributed by atoms with E-state index in [-0.39, 0.29) is 23.4 Å². The highest BCUT2D eigenvalue weighted by molar-refractivity contribution is 6.02. The smallest absolute Gasteiger partial charge is 0.140 e. The van der Waals surface area contributed by atoms with Crippen molar-refractivity contribution in [2.24, 2.45) is 5.41 Å². The molecule has 0 unspecified atom stereocenters. The van der Waals surface area contributed by atoms with E-state index in [1.807, 2.05) is 0 Å². The fourth-order valence-electron chi connectivity index (χ4n) is 3.22. The minimum atomic E-state index is 0.0246. The minimum Gasteiger partial charge on any atom is -0.299 e. The summed E-state index contributed by atoms with van der Waals surface area (Å²) >= 11 is 0. The number of carbonyl (C=O) groups is 2. The van der Waals surface area contributed by atoms with Gasteiger partial charge >= 0.3 is 0 Å². The van der Waals surface area contributed by atoms with Crippen molar-refractivity contribution >= 4 is 11.6 Å². The van der Waals surface area contributed by atoms with Gasteiger partial charge in [-0.25, -0.2) is 0 Å². The van der Waals surface area contributed by atoms with Gasteiger partial charge in [-0.3, -0.25) is 9.59 Å². The van der Waals surface area contributed by atoms with Crippen LogP contribution in [0.2, 0.25) is 0 Å². The molecule has 0 N–H and O–H groups in total. The van der Waals surface area contributed by atoms with Gasteiger partial charge in [-0.1, -0.05) is 52.4 Å². The molecule has 0 radical (unpaired) electrons. The molecule has 2 nitrogen and oxygen atoms in total. The number of hydrogen-bond acceptors (Lipinski definition) is 2. The van der Waals surface area contributed by atoms with Crippen LogP contribution in [0.1, 0.15) is 84.5 Å². The van der Waals surface area contributed by atoms with Gasteiger partial charge in [-0.05, 0) is 18.3 Å². The Labute approximate surface area is 112 Å². The van der Waals surface area contributed by atoms with Crippen LogP contribution < -0.4 is 0 Å². The molecule has 0 saturated heterocycles. The number of hydrogen-bond donors (Lipinski definition) is 0. The predicted octanol–water partition coefficient (Wildman–Crippen LogP) is 4.46. The molecule has 0 aromatic carbocycles. The van der Waals surface area contributed by atoms with Gasteiger partial charge in [0.1, 0.15) is 11.6 Å². The second kappa shape index (κ2) is 7.70. The van der Waals surface area contributed by atoms with Crippen molar-refractivity contribution in [2.45, 2.75) is 84.5 Å². The molecule has 18 heavy (non-hydrogen) atoms. The fourth-order valence-corrected chi connectivity index (χ4v) is 3.22. The molecular formula is C16H28O2. The molecule has 0 spiro atoms. The first-order valence-electron chi connectivity index (χ1n) is 7.65. The molecule has 0 bridgehead atoms. The van der Waals surface area contributed by atoms with Crippen molar-refractivity contribution in [3.63, 3.8) is 0 Å². The van der Waals surface area contributed by atoms with Gasteiger partial charge in [0, 0.05) is 12.8 Å². The quantitative estimate of drug-likeness (QED) is 0.472. The van der Waals surface area contributed by atoms with Crippen LogP contribution >= 0.6 is 0 Å². The van der Waals surface area contributed by atoms with Gasteiger partial charge in [0.2, 0.25) is 0 Å². The molecule has 2 heteroatoms. The minimum absolute atomic E-state index is 0.0246. The zero-order valence-electron chi connectivity index (χ0n) is 12.1. The van der Waals surface area contributed by atoms with E-state index >= 15 is 0 Å². The third-order valence-corrected chi connectivity index (χ3v) is 4.16. The maximum Gasteiger partial charge on any atom is 0.140 e. The summed E-state index contributed by atoms with van der Waals surface area (Å²) in [7, 11) is 0. The molecule has 0 amide bonds. The molecule has 0 aliphatic heterocycles. The molecule has 1 saturated carbocycles. The normalized spacial score (nSPS) is 19.2. The number of carbonyl (C=O) groups excluding carboxylic acids is 2. The molecule has 0 heterocycles. The Hall–Kier alpha value is -0.660. The lowest BCUT2D eigenvalue weighted by atomic mass is 9.67. The zero-order valence-corrected chi connectivity index (χ0v) is 12.1. The van der Waals surface area contributed by atoms with Gasteiger partial charge in [0.25, 0.3) is 0 Å². The van der Waals surface area contributed by atoms with Crippen LogP contribution in [0.4, 0.5) is 0 Å². The van der Waals surface area contributed by atoms with Crippen molar-refractivity contribution in [2.75, 3.05) is 0 Å². The Morgan fingerprint density at radius 1 is 0.833 bits per heavy atom. The molecule has 104 valence electrons. The van der Waals surface area contributed by atoms with Gasteiger partial charge in [-0.2, -0.15) is 0 Å². The molecule has 1 aliphatic carbocycles. The van der Waals surface area contributed by atoms with Crippen LogP contribution in [0.3, 0.4) is 0 Å². The maximum atomic E-state index is 11.7. The monoisotopic (exact) mass is 252 g/mol. The molecule has 1 rings (SSSR count). The largest absolute Gasteiger partial charge is 0.299 e. The van der Waals surface area contributed by atoms with Gasteiger partial charge in [0.05, 0.1) is 6.42 Å². The van der Waals surface area contributed by atoms with E-state index < -0.39 is 0 Å². The summed E-state index contributed by atoms with van der Waals surface area (Å²) in [6, 6.07) is 0. The van der Waals surface area contributed by atoms with E-state index in [0.29, 0.717) is 12.8 Å². The molecular weight excluding hydrogens is 224 g/mol. The third kappa shape index (κ3) is 4.91. The second-order valence-corrected chi connectivity index (χ2v) is 6.02. The highest BCUT2D eigenvalue weighted by atomic mass is 16.1. The average Bonchev–Trinajstić information content (AvgIpc) is 2.28. The SMILES string of the molecule is CCCCCC1(CCCCC)CC(=O)CC(=O)C1. The lowest BCUT2D eigenvalue weighted by Gasteiger charge is -2.36. The zero-order chi connectivity index (χ0) is 13.4. The van der Waals surface area contributed by atoms with Crippen LogP contribution in [-0.2, 0) is 9.59 Å². The predicted molar refractivity (Wildman–Crippen MR) is 74.6 cm³/mol. The molecule has 1 aliphatic rings. The van der Waals surface area contributed by atoms with E-state index in [0.717, 1.165) is 12.8 Å². The standard InChI is InChI=1S/C16H28O2/c1-3-5-7-9-16(10-8-6-4-2)12-14(17)11-15(18)13-16/h3-13H2,1-2H3. The summed E-state index contributed by atoms with van der Waals surface area (Å²) in [6.07, 6.45) is 10.8. The van der Waals surface area contributed by atoms with Crippen LogP contribution in [0.25, 0.3) is 0 Å². The van der Waals surface area contributed by atoms with Gasteiger partial charge in [-0.15, -0.1) is 0 Å². The molecule has 0 atom stereocenters. The summed E-state index contributed by atoms with van der Waals surface area (Å²) in [6.45, 7) is 4.39. The first-order valence-corrected chi connectivity index (χ1v) is 7.65. The summed E-state index contributed by atoms with van der Waals surface area (Å²) < 4.78 is 0. The number of ketones is 2. The first-order chi connectivity index (χ1) is 8.62. The Bertz CT molecular complexity index is 253. The van der Waals surface area contributed by atoms with Crippen molar-refractivity contribution in [3.8, 4) is 0 Å². The second-order valence-electron chi connectivity index (χ2n) is 6.02. The number of unbranched alkanes of at least 4 members (excludes halogenated alkanes) is 4. The average molecular weight is 252 g/mol. The molecule has 0 aromatic heterocycles. The Balaban J connectivity index is 2.59. The third-order valence-electron chi connectivity index (χ3n) is 4.16. The number of Topliss-reactive ketones (excluding diaryl/α,β-unsaturated/α-hetero) is 2. The van der Waals surface area contributed by atoms with E-state index in [2.05, 4.69) is 13.8 Å². The van der Waals surface area contributed by atoms with Gasteiger partial charge in [0.15, 0.2) is 0 Å². The van der Waals surface area contributed by atoms with E-state index in [1.54, 1.807) is 0 Å². The Morgan fingerprint density at radius 3 is 1.67 bits per heavy atom. The number of rotatable bonds is 8. The maximum absolute atomic E-state index is 11.7. The highest BCUT2D eigenvalue weighted by Crippen LogP contribution is 2.42. The van der Waals surface area contributed by atoms with Crippen molar-refractivity contribution in [1.82, 2.24) is 0 Å². The van der Waals surface area contributed by atoms with E-state index in [1.165, 1.54) is 38.5 Å². The Kier molecular flexibility index (Phi) is 6.59. The topological polar surface area (TPSA) is 34.1 Å². The fraction of sp³-hybridized carbons (Fsp3) is 0.875. The van der Waals surface area contributed by atoms with E-state index in [9.17, 15) is 9.59 Å². The van der Waals surface area contributed by atoms with Crippen molar-refractivity contribution in [1.29, 1.82) is 0 Å². The summed E-state index contributed by atoms with van der Waals surface area (Å²) in [5.74, 6) is 0.360. The summed E-state index contributed by atoms with van der Waals surface area (Å²) in [5.41, 5.74) is 0.0246. The summed E-state index contributed by atoms with van der Waals surface area (Å²) in [4.78, 5) is 23.5. The van der Waals surface area contributed by atoms with Crippen molar-refractivity contribution < 1.29 is 9.59 Å². The lowest BCUT2D eigenvalue weighted by molar-refractivity contribution is -0.134. The highest BCUT2D eigenvalue weighted by Gasteiger charge is 2.38. The lowest BCUT2D eigenvalue weighted by Crippen LogP contribution is -2.34. The Morgan fingerprint density at radius 2 is 1.28 bits per heavy atom. The first kappa shape index (κ1) is 15.4. The van der Waals surface area contributed by atoms with Crippen LogP contribution in [0, 0.1) is 5.41 Å².